The third-order valence-electron chi connectivity index (χ3n) is 2.40. The Bertz CT molecular complexity index is 175. The maximum atomic E-state index is 9.61. The fraction of sp³-hybridized carbons (Fsp3) is 1.00. The molecule has 0 bridgehead atoms. The van der Waals surface area contributed by atoms with Gasteiger partial charge in [-0.1, -0.05) is 20.8 Å². The van der Waals surface area contributed by atoms with E-state index in [9.17, 15) is 10.2 Å². The van der Waals surface area contributed by atoms with Crippen molar-refractivity contribution in [2.24, 2.45) is 5.41 Å². The van der Waals surface area contributed by atoms with Crippen molar-refractivity contribution in [3.8, 4) is 0 Å². The van der Waals surface area contributed by atoms with E-state index in [0.717, 1.165) is 0 Å². The van der Waals surface area contributed by atoms with Gasteiger partial charge >= 0.3 is 0 Å². The van der Waals surface area contributed by atoms with Crippen LogP contribution >= 0.6 is 0 Å². The molecule has 1 heterocycles. The van der Waals surface area contributed by atoms with Crippen LogP contribution in [0.5, 0.6) is 0 Å². The van der Waals surface area contributed by atoms with E-state index in [1.807, 2.05) is 20.8 Å². The van der Waals surface area contributed by atoms with Gasteiger partial charge in [0.25, 0.3) is 0 Å². The van der Waals surface area contributed by atoms with Gasteiger partial charge in [-0.05, 0) is 5.41 Å². The van der Waals surface area contributed by atoms with Gasteiger partial charge in [-0.2, -0.15) is 0 Å². The summed E-state index contributed by atoms with van der Waals surface area (Å²) in [6.07, 6.45) is -2.95. The first kappa shape index (κ1) is 10.9. The molecule has 1 rings (SSSR count). The van der Waals surface area contributed by atoms with Crippen LogP contribution in [0.4, 0.5) is 0 Å². The average molecular weight is 190 g/mol. The molecule has 13 heavy (non-hydrogen) atoms. The Labute approximate surface area is 78.1 Å². The molecule has 4 atom stereocenters. The van der Waals surface area contributed by atoms with Crippen LogP contribution < -0.4 is 0 Å². The minimum Gasteiger partial charge on any atom is -0.394 e. The molecular weight excluding hydrogens is 172 g/mol. The van der Waals surface area contributed by atoms with Crippen molar-refractivity contribution < 1.29 is 20.1 Å². The zero-order chi connectivity index (χ0) is 10.2. The average Bonchev–Trinajstić information content (AvgIpc) is 2.28. The standard InChI is InChI=1S/C9H18O4/c1-9(2,3)8-7(12)6(11)5(4-10)13-8/h5-8,10-12H,4H2,1-3H3/t5-,6?,7?,8-/m1/s1. The minimum atomic E-state index is -0.978. The van der Waals surface area contributed by atoms with E-state index in [0.29, 0.717) is 0 Å². The zero-order valence-electron chi connectivity index (χ0n) is 8.27. The maximum Gasteiger partial charge on any atom is 0.111 e. The molecule has 0 radical (unpaired) electrons. The van der Waals surface area contributed by atoms with Crippen LogP contribution in [0.3, 0.4) is 0 Å². The van der Waals surface area contributed by atoms with Gasteiger partial charge in [-0.3, -0.25) is 0 Å². The molecule has 1 aliphatic rings. The van der Waals surface area contributed by atoms with Crippen molar-refractivity contribution in [2.75, 3.05) is 6.61 Å². The molecule has 2 unspecified atom stereocenters. The highest BCUT2D eigenvalue weighted by molar-refractivity contribution is 4.95. The third-order valence-corrected chi connectivity index (χ3v) is 2.40. The SMILES string of the molecule is CC(C)(C)[C@@H]1O[C@H](CO)C(O)C1O. The number of aliphatic hydroxyl groups is 3. The van der Waals surface area contributed by atoms with Crippen LogP contribution in [0.2, 0.25) is 0 Å². The van der Waals surface area contributed by atoms with Gasteiger partial charge in [-0.15, -0.1) is 0 Å². The van der Waals surface area contributed by atoms with E-state index < -0.39 is 24.4 Å². The lowest BCUT2D eigenvalue weighted by molar-refractivity contribution is -0.0638. The molecule has 0 aromatic rings. The van der Waals surface area contributed by atoms with Gasteiger partial charge in [-0.25, -0.2) is 0 Å². The second kappa shape index (κ2) is 3.53. The van der Waals surface area contributed by atoms with Crippen molar-refractivity contribution in [3.05, 3.63) is 0 Å². The van der Waals surface area contributed by atoms with Gasteiger partial charge in [0.2, 0.25) is 0 Å². The summed E-state index contributed by atoms with van der Waals surface area (Å²) in [6, 6.07) is 0. The Balaban J connectivity index is 2.71. The van der Waals surface area contributed by atoms with Crippen molar-refractivity contribution in [2.45, 2.75) is 45.2 Å². The summed E-state index contributed by atoms with van der Waals surface area (Å²) >= 11 is 0. The third kappa shape index (κ3) is 2.02. The first-order chi connectivity index (χ1) is 5.88. The lowest BCUT2D eigenvalue weighted by Crippen LogP contribution is -2.39. The van der Waals surface area contributed by atoms with Gasteiger partial charge in [0, 0.05) is 0 Å². The summed E-state index contributed by atoms with van der Waals surface area (Å²) in [6.45, 7) is 5.51. The molecule has 1 fully saturated rings. The Morgan fingerprint density at radius 2 is 1.69 bits per heavy atom. The molecule has 78 valence electrons. The molecule has 0 amide bonds. The minimum absolute atomic E-state index is 0.232. The molecular formula is C9H18O4. The van der Waals surface area contributed by atoms with Crippen LogP contribution in [0.25, 0.3) is 0 Å². The second-order valence-corrected chi connectivity index (χ2v) is 4.62. The van der Waals surface area contributed by atoms with Crippen molar-refractivity contribution in [1.82, 2.24) is 0 Å². The summed E-state index contributed by atoms with van der Waals surface area (Å²) in [5.74, 6) is 0. The van der Waals surface area contributed by atoms with Crippen LogP contribution in [-0.4, -0.2) is 46.3 Å². The molecule has 0 aromatic carbocycles. The molecule has 3 N–H and O–H groups in total. The molecule has 0 aliphatic carbocycles. The maximum absolute atomic E-state index is 9.61. The lowest BCUT2D eigenvalue weighted by Gasteiger charge is -2.28. The van der Waals surface area contributed by atoms with Crippen molar-refractivity contribution in [3.63, 3.8) is 0 Å². The summed E-state index contributed by atoms with van der Waals surface area (Å²) in [7, 11) is 0. The van der Waals surface area contributed by atoms with Crippen LogP contribution in [0.15, 0.2) is 0 Å². The fourth-order valence-electron chi connectivity index (χ4n) is 1.62. The number of hydrogen-bond acceptors (Lipinski definition) is 4. The predicted molar refractivity (Wildman–Crippen MR) is 47.2 cm³/mol. The lowest BCUT2D eigenvalue weighted by atomic mass is 9.85. The van der Waals surface area contributed by atoms with Gasteiger partial charge in [0.1, 0.15) is 18.3 Å². The Morgan fingerprint density at radius 1 is 1.15 bits per heavy atom. The van der Waals surface area contributed by atoms with Crippen molar-refractivity contribution in [1.29, 1.82) is 0 Å². The molecule has 4 nitrogen and oxygen atoms in total. The van der Waals surface area contributed by atoms with Gasteiger partial charge < -0.3 is 20.1 Å². The predicted octanol–water partition coefficient (Wildman–Crippen LogP) is -0.486. The summed E-state index contributed by atoms with van der Waals surface area (Å²) in [5, 5.41) is 27.9. The smallest absolute Gasteiger partial charge is 0.111 e. The first-order valence-corrected chi connectivity index (χ1v) is 4.50. The first-order valence-electron chi connectivity index (χ1n) is 4.50. The van der Waals surface area contributed by atoms with Gasteiger partial charge in [0.15, 0.2) is 0 Å². The normalized spacial score (nSPS) is 41.1. The topological polar surface area (TPSA) is 69.9 Å². The monoisotopic (exact) mass is 190 g/mol. The Kier molecular flexibility index (Phi) is 2.97. The molecule has 1 aliphatic heterocycles. The number of aliphatic hydroxyl groups excluding tert-OH is 3. The molecule has 0 spiro atoms. The van der Waals surface area contributed by atoms with E-state index in [2.05, 4.69) is 0 Å². The fourth-order valence-corrected chi connectivity index (χ4v) is 1.62. The highest BCUT2D eigenvalue weighted by atomic mass is 16.6. The van der Waals surface area contributed by atoms with E-state index in [4.69, 9.17) is 9.84 Å². The quantitative estimate of drug-likeness (QED) is 0.522. The largest absolute Gasteiger partial charge is 0.394 e. The number of ether oxygens (including phenoxy) is 1. The van der Waals surface area contributed by atoms with E-state index in [1.165, 1.54) is 0 Å². The van der Waals surface area contributed by atoms with Crippen LogP contribution in [-0.2, 0) is 4.74 Å². The molecule has 0 saturated carbocycles. The second-order valence-electron chi connectivity index (χ2n) is 4.62. The number of hydrogen-bond donors (Lipinski definition) is 3. The van der Waals surface area contributed by atoms with Crippen molar-refractivity contribution >= 4 is 0 Å². The zero-order valence-corrected chi connectivity index (χ0v) is 8.27. The van der Waals surface area contributed by atoms with E-state index in [-0.39, 0.29) is 12.0 Å². The number of rotatable bonds is 1. The Hall–Kier alpha value is -0.160. The van der Waals surface area contributed by atoms with Gasteiger partial charge in [0.05, 0.1) is 12.7 Å². The molecule has 4 heteroatoms. The Morgan fingerprint density at radius 3 is 1.92 bits per heavy atom. The molecule has 0 aromatic heterocycles. The summed E-state index contributed by atoms with van der Waals surface area (Å²) in [4.78, 5) is 0. The van der Waals surface area contributed by atoms with E-state index >= 15 is 0 Å². The summed E-state index contributed by atoms with van der Waals surface area (Å²) in [5.41, 5.74) is -0.232. The van der Waals surface area contributed by atoms with E-state index in [1.54, 1.807) is 0 Å². The molecule has 1 saturated heterocycles. The highest BCUT2D eigenvalue weighted by Gasteiger charge is 2.47. The van der Waals surface area contributed by atoms with Crippen LogP contribution in [0.1, 0.15) is 20.8 Å². The van der Waals surface area contributed by atoms with Crippen LogP contribution in [0, 0.1) is 5.41 Å². The summed E-state index contributed by atoms with van der Waals surface area (Å²) < 4.78 is 5.35. The highest BCUT2D eigenvalue weighted by Crippen LogP contribution is 2.33.